The Bertz CT molecular complexity index is 188. The summed E-state index contributed by atoms with van der Waals surface area (Å²) in [5.74, 6) is -0.852. The number of carbonyl (C=O) groups is 1. The van der Waals surface area contributed by atoms with Gasteiger partial charge >= 0.3 is 6.18 Å². The fourth-order valence-electron chi connectivity index (χ4n) is 0.401. The summed E-state index contributed by atoms with van der Waals surface area (Å²) in [4.78, 5) is 10.6. The fourth-order valence-corrected chi connectivity index (χ4v) is 0.401. The maximum absolute atomic E-state index is 11.5. The molecule has 2 N–H and O–H groups in total. The van der Waals surface area contributed by atoms with Crippen molar-refractivity contribution in [3.05, 3.63) is 12.3 Å². The highest BCUT2D eigenvalue weighted by atomic mass is 19.4. The highest BCUT2D eigenvalue weighted by Crippen LogP contribution is 2.12. The Labute approximate surface area is 67.6 Å². The molecular formula is C6H9F3N2O. The molecule has 70 valence electrons. The van der Waals surface area contributed by atoms with Crippen LogP contribution in [0.4, 0.5) is 13.2 Å². The maximum Gasteiger partial charge on any atom is 0.405 e. The molecule has 0 saturated heterocycles. The fraction of sp³-hybridized carbons (Fsp3) is 0.500. The first-order valence-corrected chi connectivity index (χ1v) is 3.08. The van der Waals surface area contributed by atoms with E-state index in [2.05, 4.69) is 11.9 Å². The van der Waals surface area contributed by atoms with Crippen molar-refractivity contribution in [3.63, 3.8) is 0 Å². The van der Waals surface area contributed by atoms with Gasteiger partial charge in [0.15, 0.2) is 0 Å². The average Bonchev–Trinajstić information content (AvgIpc) is 1.97. The molecular weight excluding hydrogens is 173 g/mol. The monoisotopic (exact) mass is 182 g/mol. The van der Waals surface area contributed by atoms with Crippen molar-refractivity contribution in [2.24, 2.45) is 0 Å². The van der Waals surface area contributed by atoms with Crippen molar-refractivity contribution in [3.8, 4) is 0 Å². The molecule has 0 aromatic carbocycles. The zero-order valence-electron chi connectivity index (χ0n) is 6.46. The topological polar surface area (TPSA) is 41.1 Å². The second kappa shape index (κ2) is 3.99. The van der Waals surface area contributed by atoms with Gasteiger partial charge in [-0.1, -0.05) is 6.58 Å². The summed E-state index contributed by atoms with van der Waals surface area (Å²) in [5, 5.41) is 3.97. The van der Waals surface area contributed by atoms with E-state index in [1.807, 2.05) is 0 Å². The molecule has 0 rings (SSSR count). The van der Waals surface area contributed by atoms with E-state index in [4.69, 9.17) is 0 Å². The minimum absolute atomic E-state index is 0.0979. The number of rotatable bonds is 3. The normalized spacial score (nSPS) is 10.7. The predicted molar refractivity (Wildman–Crippen MR) is 37.3 cm³/mol. The van der Waals surface area contributed by atoms with Crippen LogP contribution < -0.4 is 10.6 Å². The summed E-state index contributed by atoms with van der Waals surface area (Å²) in [6, 6.07) is 0. The number of hydrogen-bond acceptors (Lipinski definition) is 2. The summed E-state index contributed by atoms with van der Waals surface area (Å²) < 4.78 is 34.6. The lowest BCUT2D eigenvalue weighted by atomic mass is 10.4. The van der Waals surface area contributed by atoms with Crippen molar-refractivity contribution in [1.82, 2.24) is 10.6 Å². The smallest absolute Gasteiger partial charge is 0.384 e. The first kappa shape index (κ1) is 10.8. The summed E-state index contributed by atoms with van der Waals surface area (Å²) in [7, 11) is 1.40. The minimum atomic E-state index is -4.39. The van der Waals surface area contributed by atoms with Gasteiger partial charge in [0.05, 0.1) is 5.70 Å². The quantitative estimate of drug-likeness (QED) is 0.620. The van der Waals surface area contributed by atoms with E-state index >= 15 is 0 Å². The third kappa shape index (κ3) is 4.59. The molecule has 0 saturated carbocycles. The Hall–Kier alpha value is -1.20. The van der Waals surface area contributed by atoms with E-state index in [-0.39, 0.29) is 5.70 Å². The lowest BCUT2D eigenvalue weighted by molar-refractivity contribution is -0.136. The summed E-state index contributed by atoms with van der Waals surface area (Å²) in [6.45, 7) is 1.84. The van der Waals surface area contributed by atoms with E-state index in [0.29, 0.717) is 0 Å². The summed E-state index contributed by atoms with van der Waals surface area (Å²) >= 11 is 0. The van der Waals surface area contributed by atoms with Crippen LogP contribution >= 0.6 is 0 Å². The molecule has 0 aliphatic heterocycles. The SMILES string of the molecule is C=C(NC)C(=O)NCC(F)(F)F. The van der Waals surface area contributed by atoms with Gasteiger partial charge in [-0.2, -0.15) is 13.2 Å². The lowest BCUT2D eigenvalue weighted by Gasteiger charge is -2.08. The Morgan fingerprint density at radius 3 is 2.33 bits per heavy atom. The average molecular weight is 182 g/mol. The minimum Gasteiger partial charge on any atom is -0.384 e. The maximum atomic E-state index is 11.5. The van der Waals surface area contributed by atoms with Gasteiger partial charge in [0.2, 0.25) is 0 Å². The number of alkyl halides is 3. The molecule has 0 spiro atoms. The van der Waals surface area contributed by atoms with Crippen molar-refractivity contribution < 1.29 is 18.0 Å². The molecule has 12 heavy (non-hydrogen) atoms. The Morgan fingerprint density at radius 1 is 1.50 bits per heavy atom. The molecule has 0 radical (unpaired) electrons. The highest BCUT2D eigenvalue weighted by molar-refractivity contribution is 5.92. The third-order valence-corrected chi connectivity index (χ3v) is 1.03. The van der Waals surface area contributed by atoms with Crippen molar-refractivity contribution in [2.75, 3.05) is 13.6 Å². The Morgan fingerprint density at radius 2 is 2.00 bits per heavy atom. The van der Waals surface area contributed by atoms with Gasteiger partial charge < -0.3 is 10.6 Å². The molecule has 0 aromatic rings. The first-order valence-electron chi connectivity index (χ1n) is 3.08. The van der Waals surface area contributed by atoms with E-state index in [0.717, 1.165) is 0 Å². The van der Waals surface area contributed by atoms with Crippen LogP contribution in [0.15, 0.2) is 12.3 Å². The van der Waals surface area contributed by atoms with Gasteiger partial charge in [-0.05, 0) is 0 Å². The number of carbonyl (C=O) groups excluding carboxylic acids is 1. The molecule has 3 nitrogen and oxygen atoms in total. The number of amides is 1. The second-order valence-corrected chi connectivity index (χ2v) is 2.03. The molecule has 0 unspecified atom stereocenters. The zero-order valence-corrected chi connectivity index (χ0v) is 6.46. The second-order valence-electron chi connectivity index (χ2n) is 2.03. The standard InChI is InChI=1S/C6H9F3N2O/c1-4(10-2)5(12)11-3-6(7,8)9/h10H,1,3H2,2H3,(H,11,12). The molecule has 0 aliphatic rings. The van der Waals surface area contributed by atoms with Crippen LogP contribution in [0.25, 0.3) is 0 Å². The number of halogens is 3. The molecule has 1 amide bonds. The van der Waals surface area contributed by atoms with Crippen LogP contribution in [0, 0.1) is 0 Å². The van der Waals surface area contributed by atoms with Crippen LogP contribution in [-0.4, -0.2) is 25.7 Å². The van der Waals surface area contributed by atoms with E-state index in [9.17, 15) is 18.0 Å². The molecule has 0 aromatic heterocycles. The Balaban J connectivity index is 3.80. The van der Waals surface area contributed by atoms with Crippen LogP contribution in [0.5, 0.6) is 0 Å². The van der Waals surface area contributed by atoms with Gasteiger partial charge in [-0.3, -0.25) is 4.79 Å². The largest absolute Gasteiger partial charge is 0.405 e. The van der Waals surface area contributed by atoms with E-state index < -0.39 is 18.6 Å². The van der Waals surface area contributed by atoms with Crippen LogP contribution in [0.3, 0.4) is 0 Å². The lowest BCUT2D eigenvalue weighted by Crippen LogP contribution is -2.36. The first-order chi connectivity index (χ1) is 5.37. The summed E-state index contributed by atoms with van der Waals surface area (Å²) in [6.07, 6.45) is -4.39. The van der Waals surface area contributed by atoms with Gasteiger partial charge in [-0.25, -0.2) is 0 Å². The van der Waals surface area contributed by atoms with E-state index in [1.165, 1.54) is 7.05 Å². The zero-order chi connectivity index (χ0) is 9.78. The summed E-state index contributed by atoms with van der Waals surface area (Å²) in [5.41, 5.74) is -0.0979. The molecule has 0 bridgehead atoms. The predicted octanol–water partition coefficient (Wildman–Crippen LogP) is 0.398. The van der Waals surface area contributed by atoms with Gasteiger partial charge in [0.1, 0.15) is 6.54 Å². The number of nitrogens with one attached hydrogen (secondary N) is 2. The van der Waals surface area contributed by atoms with Crippen LogP contribution in [0.2, 0.25) is 0 Å². The van der Waals surface area contributed by atoms with Gasteiger partial charge in [-0.15, -0.1) is 0 Å². The molecule has 0 heterocycles. The third-order valence-electron chi connectivity index (χ3n) is 1.03. The number of likely N-dealkylation sites (N-methyl/N-ethyl adjacent to an activating group) is 1. The molecule has 0 atom stereocenters. The highest BCUT2D eigenvalue weighted by Gasteiger charge is 2.27. The van der Waals surface area contributed by atoms with Gasteiger partial charge in [0, 0.05) is 7.05 Å². The molecule has 0 fully saturated rings. The molecule has 0 aliphatic carbocycles. The number of hydrogen-bond donors (Lipinski definition) is 2. The van der Waals surface area contributed by atoms with Crippen molar-refractivity contribution in [2.45, 2.75) is 6.18 Å². The molecule has 6 heteroatoms. The van der Waals surface area contributed by atoms with Crippen LogP contribution in [-0.2, 0) is 4.79 Å². The van der Waals surface area contributed by atoms with Gasteiger partial charge in [0.25, 0.3) is 5.91 Å². The van der Waals surface area contributed by atoms with Crippen LogP contribution in [0.1, 0.15) is 0 Å². The van der Waals surface area contributed by atoms with Crippen molar-refractivity contribution in [1.29, 1.82) is 0 Å². The van der Waals surface area contributed by atoms with E-state index in [1.54, 1.807) is 5.32 Å². The van der Waals surface area contributed by atoms with Crippen molar-refractivity contribution >= 4 is 5.91 Å². The Kier molecular flexibility index (Phi) is 3.59.